The lowest BCUT2D eigenvalue weighted by Crippen LogP contribution is -2.51. The molecule has 5 nitrogen and oxygen atoms in total. The second-order valence-corrected chi connectivity index (χ2v) is 6.71. The van der Waals surface area contributed by atoms with Crippen molar-refractivity contribution in [3.05, 3.63) is 17.8 Å². The molecule has 2 aromatic rings. The van der Waals surface area contributed by atoms with E-state index in [1.54, 1.807) is 17.7 Å². The fraction of sp³-hybridized carbons (Fsp3) is 0.600. The van der Waals surface area contributed by atoms with Gasteiger partial charge in [0.1, 0.15) is 12.1 Å². The summed E-state index contributed by atoms with van der Waals surface area (Å²) in [4.78, 5) is 11.1. The SMILES string of the molecule is C[C@@H]1CN([C@H](C)CNc2ncnc3ccsc23)C[C@H](C)O1. The Morgan fingerprint density at radius 3 is 2.90 bits per heavy atom. The number of aromatic nitrogens is 2. The maximum absolute atomic E-state index is 5.80. The minimum Gasteiger partial charge on any atom is -0.373 e. The van der Waals surface area contributed by atoms with E-state index in [4.69, 9.17) is 4.74 Å². The minimum atomic E-state index is 0.305. The molecule has 3 atom stereocenters. The van der Waals surface area contributed by atoms with Gasteiger partial charge in [-0.15, -0.1) is 11.3 Å². The first kappa shape index (κ1) is 14.7. The van der Waals surface area contributed by atoms with Crippen molar-refractivity contribution in [3.8, 4) is 0 Å². The van der Waals surface area contributed by atoms with Gasteiger partial charge >= 0.3 is 0 Å². The number of hydrogen-bond donors (Lipinski definition) is 1. The molecule has 3 rings (SSSR count). The molecule has 1 aliphatic rings. The zero-order valence-electron chi connectivity index (χ0n) is 12.7. The van der Waals surface area contributed by atoms with E-state index in [9.17, 15) is 0 Å². The van der Waals surface area contributed by atoms with E-state index in [1.807, 2.05) is 6.07 Å². The van der Waals surface area contributed by atoms with Crippen LogP contribution in [0.4, 0.5) is 5.82 Å². The molecule has 0 aromatic carbocycles. The van der Waals surface area contributed by atoms with Gasteiger partial charge in [0.25, 0.3) is 0 Å². The zero-order chi connectivity index (χ0) is 14.8. The van der Waals surface area contributed by atoms with Gasteiger partial charge in [-0.3, -0.25) is 4.90 Å². The molecule has 6 heteroatoms. The van der Waals surface area contributed by atoms with E-state index in [0.717, 1.165) is 35.7 Å². The molecule has 1 N–H and O–H groups in total. The summed E-state index contributed by atoms with van der Waals surface area (Å²) in [6.07, 6.45) is 2.24. The van der Waals surface area contributed by atoms with Gasteiger partial charge in [0.05, 0.1) is 22.4 Å². The second-order valence-electron chi connectivity index (χ2n) is 5.80. The number of fused-ring (bicyclic) bond motifs is 1. The van der Waals surface area contributed by atoms with Crippen molar-refractivity contribution in [2.45, 2.75) is 39.0 Å². The third-order valence-electron chi connectivity index (χ3n) is 3.88. The van der Waals surface area contributed by atoms with Crippen molar-refractivity contribution in [1.82, 2.24) is 14.9 Å². The molecule has 0 saturated carbocycles. The fourth-order valence-electron chi connectivity index (χ4n) is 2.87. The lowest BCUT2D eigenvalue weighted by atomic mass is 10.1. The van der Waals surface area contributed by atoms with Crippen molar-refractivity contribution in [1.29, 1.82) is 0 Å². The minimum absolute atomic E-state index is 0.305. The monoisotopic (exact) mass is 306 g/mol. The highest BCUT2D eigenvalue weighted by atomic mass is 32.1. The Hall–Kier alpha value is -1.24. The summed E-state index contributed by atoms with van der Waals surface area (Å²) < 4.78 is 6.93. The van der Waals surface area contributed by atoms with Crippen LogP contribution in [0, 0.1) is 0 Å². The van der Waals surface area contributed by atoms with E-state index < -0.39 is 0 Å². The first-order valence-corrected chi connectivity index (χ1v) is 8.33. The Balaban J connectivity index is 1.63. The van der Waals surface area contributed by atoms with Crippen molar-refractivity contribution >= 4 is 27.4 Å². The molecule has 3 heterocycles. The summed E-state index contributed by atoms with van der Waals surface area (Å²) >= 11 is 1.68. The molecule has 114 valence electrons. The number of anilines is 1. The molecule has 0 spiro atoms. The van der Waals surface area contributed by atoms with Crippen LogP contribution in [0.2, 0.25) is 0 Å². The highest BCUT2D eigenvalue weighted by molar-refractivity contribution is 7.17. The topological polar surface area (TPSA) is 50.3 Å². The Bertz CT molecular complexity index is 592. The number of morpholine rings is 1. The van der Waals surface area contributed by atoms with Gasteiger partial charge in [0.2, 0.25) is 0 Å². The molecule has 0 aliphatic carbocycles. The molecular formula is C15H22N4OS. The fourth-order valence-corrected chi connectivity index (χ4v) is 3.68. The largest absolute Gasteiger partial charge is 0.373 e. The van der Waals surface area contributed by atoms with E-state index in [-0.39, 0.29) is 0 Å². The van der Waals surface area contributed by atoms with Crippen LogP contribution in [0.1, 0.15) is 20.8 Å². The first-order chi connectivity index (χ1) is 10.1. The molecule has 0 bridgehead atoms. The number of ether oxygens (including phenoxy) is 1. The van der Waals surface area contributed by atoms with Crippen LogP contribution in [0.15, 0.2) is 17.8 Å². The summed E-state index contributed by atoms with van der Waals surface area (Å²) in [7, 11) is 0. The van der Waals surface area contributed by atoms with Gasteiger partial charge in [0.15, 0.2) is 0 Å². The van der Waals surface area contributed by atoms with E-state index in [1.165, 1.54) is 0 Å². The van der Waals surface area contributed by atoms with Gasteiger partial charge in [-0.25, -0.2) is 9.97 Å². The summed E-state index contributed by atoms with van der Waals surface area (Å²) in [6, 6.07) is 2.48. The quantitative estimate of drug-likeness (QED) is 0.941. The van der Waals surface area contributed by atoms with E-state index in [0.29, 0.717) is 18.2 Å². The normalized spacial score (nSPS) is 25.1. The molecule has 2 aromatic heterocycles. The molecule has 1 fully saturated rings. The van der Waals surface area contributed by atoms with Crippen LogP contribution < -0.4 is 5.32 Å². The van der Waals surface area contributed by atoms with Crippen LogP contribution in [-0.4, -0.2) is 52.8 Å². The van der Waals surface area contributed by atoms with Crippen LogP contribution >= 0.6 is 11.3 Å². The maximum Gasteiger partial charge on any atom is 0.147 e. The average molecular weight is 306 g/mol. The first-order valence-electron chi connectivity index (χ1n) is 7.45. The number of nitrogens with zero attached hydrogens (tertiary/aromatic N) is 3. The standard InChI is InChI=1S/C15H22N4OS/c1-10(19-7-11(2)20-12(3)8-19)6-16-15-14-13(4-5-21-14)17-9-18-15/h4-5,9-12H,6-8H2,1-3H3,(H,16,17,18)/t10-,11-,12+/m1/s1. The lowest BCUT2D eigenvalue weighted by molar-refractivity contribution is -0.0769. The van der Waals surface area contributed by atoms with Gasteiger partial charge < -0.3 is 10.1 Å². The summed E-state index contributed by atoms with van der Waals surface area (Å²) in [6.45, 7) is 9.40. The summed E-state index contributed by atoms with van der Waals surface area (Å²) in [5.41, 5.74) is 1.01. The maximum atomic E-state index is 5.80. The second kappa shape index (κ2) is 6.25. The third-order valence-corrected chi connectivity index (χ3v) is 4.79. The van der Waals surface area contributed by atoms with Crippen molar-refractivity contribution in [3.63, 3.8) is 0 Å². The summed E-state index contributed by atoms with van der Waals surface area (Å²) in [5.74, 6) is 0.941. The lowest BCUT2D eigenvalue weighted by Gasteiger charge is -2.39. The zero-order valence-corrected chi connectivity index (χ0v) is 13.6. The van der Waals surface area contributed by atoms with Crippen LogP contribution in [0.3, 0.4) is 0 Å². The molecular weight excluding hydrogens is 284 g/mol. The van der Waals surface area contributed by atoms with Gasteiger partial charge in [-0.2, -0.15) is 0 Å². The molecule has 1 saturated heterocycles. The number of nitrogens with one attached hydrogen (secondary N) is 1. The van der Waals surface area contributed by atoms with Gasteiger partial charge in [0, 0.05) is 25.7 Å². The molecule has 0 radical (unpaired) electrons. The van der Waals surface area contributed by atoms with Crippen LogP contribution in [0.25, 0.3) is 10.2 Å². The number of thiophene rings is 1. The van der Waals surface area contributed by atoms with E-state index >= 15 is 0 Å². The van der Waals surface area contributed by atoms with E-state index in [2.05, 4.69) is 46.3 Å². The Labute approximate surface area is 129 Å². The molecule has 0 unspecified atom stereocenters. The highest BCUT2D eigenvalue weighted by Gasteiger charge is 2.25. The third kappa shape index (κ3) is 3.33. The molecule has 0 amide bonds. The molecule has 21 heavy (non-hydrogen) atoms. The highest BCUT2D eigenvalue weighted by Crippen LogP contribution is 2.25. The van der Waals surface area contributed by atoms with Crippen LogP contribution in [0.5, 0.6) is 0 Å². The predicted molar refractivity (Wildman–Crippen MR) is 86.9 cm³/mol. The summed E-state index contributed by atoms with van der Waals surface area (Å²) in [5, 5.41) is 5.53. The van der Waals surface area contributed by atoms with Crippen molar-refractivity contribution in [2.24, 2.45) is 0 Å². The Morgan fingerprint density at radius 2 is 2.14 bits per heavy atom. The Kier molecular flexibility index (Phi) is 4.37. The van der Waals surface area contributed by atoms with Crippen molar-refractivity contribution in [2.75, 3.05) is 25.0 Å². The van der Waals surface area contributed by atoms with Crippen molar-refractivity contribution < 1.29 is 4.74 Å². The predicted octanol–water partition coefficient (Wildman–Crippen LogP) is 2.60. The number of rotatable bonds is 4. The number of hydrogen-bond acceptors (Lipinski definition) is 6. The van der Waals surface area contributed by atoms with Crippen LogP contribution in [-0.2, 0) is 4.74 Å². The average Bonchev–Trinajstić information content (AvgIpc) is 2.92. The smallest absolute Gasteiger partial charge is 0.147 e. The van der Waals surface area contributed by atoms with Gasteiger partial charge in [-0.1, -0.05) is 0 Å². The Morgan fingerprint density at radius 1 is 1.38 bits per heavy atom. The van der Waals surface area contributed by atoms with Gasteiger partial charge in [-0.05, 0) is 32.2 Å². The molecule has 1 aliphatic heterocycles.